The van der Waals surface area contributed by atoms with Crippen LogP contribution in [0.25, 0.3) is 0 Å². The molecular formula is C12H18N2O. The third-order valence-electron chi connectivity index (χ3n) is 2.16. The molecule has 0 unspecified atom stereocenters. The zero-order valence-electron chi connectivity index (χ0n) is 9.58. The molecule has 3 heteroatoms. The second kappa shape index (κ2) is 5.39. The number of hydrogen-bond acceptors (Lipinski definition) is 3. The zero-order valence-corrected chi connectivity index (χ0v) is 9.58. The van der Waals surface area contributed by atoms with E-state index in [9.17, 15) is 0 Å². The van der Waals surface area contributed by atoms with Crippen LogP contribution in [0.3, 0.4) is 0 Å². The zero-order chi connectivity index (χ0) is 11.3. The first kappa shape index (κ1) is 11.6. The molecule has 0 heterocycles. The van der Waals surface area contributed by atoms with Gasteiger partial charge in [0.05, 0.1) is 12.8 Å². The van der Waals surface area contributed by atoms with Crippen LogP contribution in [0.15, 0.2) is 17.2 Å². The van der Waals surface area contributed by atoms with Crippen LogP contribution in [0.4, 0.5) is 0 Å². The van der Waals surface area contributed by atoms with Crippen molar-refractivity contribution in [3.63, 3.8) is 0 Å². The maximum Gasteiger partial charge on any atom is 0.125 e. The molecule has 0 aliphatic heterocycles. The Hall–Kier alpha value is -1.51. The van der Waals surface area contributed by atoms with E-state index in [1.165, 1.54) is 0 Å². The van der Waals surface area contributed by atoms with E-state index in [1.807, 2.05) is 26.0 Å². The standard InChI is InChI=1S/C12H18N2O/c1-4-5-15-12-9(2)6-11(8-14-13)7-10(12)3/h6-8H,4-5,13H2,1-3H3. The number of ether oxygens (including phenoxy) is 1. The fourth-order valence-electron chi connectivity index (χ4n) is 1.58. The second-order valence-corrected chi connectivity index (χ2v) is 3.61. The third kappa shape index (κ3) is 2.98. The van der Waals surface area contributed by atoms with Crippen molar-refractivity contribution in [2.75, 3.05) is 6.61 Å². The molecular weight excluding hydrogens is 188 g/mol. The molecule has 0 saturated carbocycles. The number of rotatable bonds is 4. The summed E-state index contributed by atoms with van der Waals surface area (Å²) in [6, 6.07) is 4.04. The molecule has 2 N–H and O–H groups in total. The summed E-state index contributed by atoms with van der Waals surface area (Å²) in [5.41, 5.74) is 3.26. The Kier molecular flexibility index (Phi) is 4.16. The summed E-state index contributed by atoms with van der Waals surface area (Å²) in [6.07, 6.45) is 2.66. The van der Waals surface area contributed by atoms with Crippen LogP contribution in [0, 0.1) is 13.8 Å². The summed E-state index contributed by atoms with van der Waals surface area (Å²) in [6.45, 7) is 6.92. The first-order valence-corrected chi connectivity index (χ1v) is 5.16. The van der Waals surface area contributed by atoms with Gasteiger partial charge in [0.25, 0.3) is 0 Å². The summed E-state index contributed by atoms with van der Waals surface area (Å²) in [5.74, 6) is 6.09. The number of benzene rings is 1. The van der Waals surface area contributed by atoms with Gasteiger partial charge in [-0.15, -0.1) is 0 Å². The highest BCUT2D eigenvalue weighted by Gasteiger charge is 2.04. The van der Waals surface area contributed by atoms with Crippen molar-refractivity contribution in [3.05, 3.63) is 28.8 Å². The first-order valence-electron chi connectivity index (χ1n) is 5.16. The Morgan fingerprint density at radius 1 is 1.33 bits per heavy atom. The van der Waals surface area contributed by atoms with Crippen molar-refractivity contribution >= 4 is 6.21 Å². The minimum Gasteiger partial charge on any atom is -0.493 e. The Labute approximate surface area is 90.9 Å². The summed E-state index contributed by atoms with van der Waals surface area (Å²) in [5, 5.41) is 3.51. The van der Waals surface area contributed by atoms with E-state index < -0.39 is 0 Å². The molecule has 1 aromatic carbocycles. The third-order valence-corrected chi connectivity index (χ3v) is 2.16. The second-order valence-electron chi connectivity index (χ2n) is 3.61. The predicted octanol–water partition coefficient (Wildman–Crippen LogP) is 2.38. The van der Waals surface area contributed by atoms with Crippen LogP contribution < -0.4 is 10.6 Å². The average molecular weight is 206 g/mol. The molecule has 0 fully saturated rings. The molecule has 3 nitrogen and oxygen atoms in total. The van der Waals surface area contributed by atoms with Gasteiger partial charge in [0, 0.05) is 0 Å². The van der Waals surface area contributed by atoms with Crippen molar-refractivity contribution in [2.24, 2.45) is 10.9 Å². The van der Waals surface area contributed by atoms with Gasteiger partial charge in [0.1, 0.15) is 5.75 Å². The topological polar surface area (TPSA) is 47.6 Å². The van der Waals surface area contributed by atoms with E-state index in [1.54, 1.807) is 6.21 Å². The lowest BCUT2D eigenvalue weighted by atomic mass is 10.1. The predicted molar refractivity (Wildman–Crippen MR) is 63.5 cm³/mol. The number of aryl methyl sites for hydroxylation is 2. The fourth-order valence-corrected chi connectivity index (χ4v) is 1.58. The number of nitrogens with zero attached hydrogens (tertiary/aromatic N) is 1. The van der Waals surface area contributed by atoms with E-state index in [4.69, 9.17) is 10.6 Å². The SMILES string of the molecule is CCCOc1c(C)cc(C=NN)cc1C. The molecule has 0 aliphatic carbocycles. The van der Waals surface area contributed by atoms with Crippen molar-refractivity contribution < 1.29 is 4.74 Å². The van der Waals surface area contributed by atoms with Gasteiger partial charge >= 0.3 is 0 Å². The van der Waals surface area contributed by atoms with Crippen LogP contribution in [0.5, 0.6) is 5.75 Å². The van der Waals surface area contributed by atoms with Crippen LogP contribution in [0.1, 0.15) is 30.0 Å². The molecule has 15 heavy (non-hydrogen) atoms. The molecule has 1 aromatic rings. The van der Waals surface area contributed by atoms with Gasteiger partial charge < -0.3 is 10.6 Å². The highest BCUT2D eigenvalue weighted by molar-refractivity contribution is 5.80. The molecule has 0 amide bonds. The number of hydrogen-bond donors (Lipinski definition) is 1. The number of hydrazone groups is 1. The van der Waals surface area contributed by atoms with Gasteiger partial charge in [-0.1, -0.05) is 6.92 Å². The lowest BCUT2D eigenvalue weighted by Gasteiger charge is -2.12. The summed E-state index contributed by atoms with van der Waals surface area (Å²) in [4.78, 5) is 0. The molecule has 0 aliphatic rings. The Morgan fingerprint density at radius 2 is 1.93 bits per heavy atom. The molecule has 1 rings (SSSR count). The highest BCUT2D eigenvalue weighted by Crippen LogP contribution is 2.24. The Bertz CT molecular complexity index is 336. The molecule has 82 valence electrons. The molecule has 0 aromatic heterocycles. The summed E-state index contributed by atoms with van der Waals surface area (Å²) in [7, 11) is 0. The van der Waals surface area contributed by atoms with E-state index >= 15 is 0 Å². The summed E-state index contributed by atoms with van der Waals surface area (Å²) < 4.78 is 5.67. The van der Waals surface area contributed by atoms with Gasteiger partial charge in [-0.3, -0.25) is 0 Å². The maximum atomic E-state index is 5.67. The smallest absolute Gasteiger partial charge is 0.125 e. The first-order chi connectivity index (χ1) is 7.19. The largest absolute Gasteiger partial charge is 0.493 e. The van der Waals surface area contributed by atoms with Crippen LogP contribution in [-0.4, -0.2) is 12.8 Å². The van der Waals surface area contributed by atoms with E-state index in [-0.39, 0.29) is 0 Å². The van der Waals surface area contributed by atoms with Gasteiger partial charge in [-0.2, -0.15) is 5.10 Å². The van der Waals surface area contributed by atoms with Gasteiger partial charge in [0.15, 0.2) is 0 Å². The molecule has 0 bridgehead atoms. The lowest BCUT2D eigenvalue weighted by Crippen LogP contribution is -2.00. The Morgan fingerprint density at radius 3 is 2.40 bits per heavy atom. The molecule has 0 saturated heterocycles. The highest BCUT2D eigenvalue weighted by atomic mass is 16.5. The van der Waals surface area contributed by atoms with E-state index in [2.05, 4.69) is 12.0 Å². The van der Waals surface area contributed by atoms with Crippen molar-refractivity contribution in [2.45, 2.75) is 27.2 Å². The van der Waals surface area contributed by atoms with Crippen molar-refractivity contribution in [3.8, 4) is 5.75 Å². The molecule has 0 radical (unpaired) electrons. The van der Waals surface area contributed by atoms with Crippen molar-refractivity contribution in [1.82, 2.24) is 0 Å². The Balaban J connectivity index is 2.98. The number of nitrogens with two attached hydrogens (primary N) is 1. The van der Waals surface area contributed by atoms with E-state index in [0.717, 1.165) is 35.5 Å². The maximum absolute atomic E-state index is 5.67. The van der Waals surface area contributed by atoms with Crippen molar-refractivity contribution in [1.29, 1.82) is 0 Å². The summed E-state index contributed by atoms with van der Waals surface area (Å²) >= 11 is 0. The molecule has 0 atom stereocenters. The monoisotopic (exact) mass is 206 g/mol. The molecule has 0 spiro atoms. The normalized spacial score (nSPS) is 10.9. The average Bonchev–Trinajstić information content (AvgIpc) is 2.17. The lowest BCUT2D eigenvalue weighted by molar-refractivity contribution is 0.313. The quantitative estimate of drug-likeness (QED) is 0.467. The van der Waals surface area contributed by atoms with Gasteiger partial charge in [-0.25, -0.2) is 0 Å². The van der Waals surface area contributed by atoms with Crippen LogP contribution in [-0.2, 0) is 0 Å². The van der Waals surface area contributed by atoms with E-state index in [0.29, 0.717) is 0 Å². The van der Waals surface area contributed by atoms with Gasteiger partial charge in [-0.05, 0) is 49.1 Å². The van der Waals surface area contributed by atoms with Crippen LogP contribution in [0.2, 0.25) is 0 Å². The van der Waals surface area contributed by atoms with Gasteiger partial charge in [0.2, 0.25) is 0 Å². The fraction of sp³-hybridized carbons (Fsp3) is 0.417. The minimum atomic E-state index is 0.756. The minimum absolute atomic E-state index is 0.756. The van der Waals surface area contributed by atoms with Crippen LogP contribution >= 0.6 is 0 Å².